The molecule has 7 nitrogen and oxygen atoms in total. The zero-order chi connectivity index (χ0) is 20.7. The van der Waals surface area contributed by atoms with Crippen molar-refractivity contribution in [2.24, 2.45) is 5.18 Å². The maximum Gasteiger partial charge on any atom is 0.339 e. The van der Waals surface area contributed by atoms with E-state index in [9.17, 15) is 18.9 Å². The number of aromatic nitrogens is 2. The Balaban J connectivity index is 1.68. The molecule has 1 unspecified atom stereocenters. The molecular formula is C22H16FN3O4. The highest BCUT2D eigenvalue weighted by atomic mass is 19.1. The zero-order valence-electron chi connectivity index (χ0n) is 16.1. The number of nitrogens with zero attached hydrogens (tertiary/aromatic N) is 3. The molecule has 0 N–H and O–H groups in total. The average molecular weight is 405 g/mol. The fraction of sp³-hybridized carbons (Fsp3) is 0.318. The Labute approximate surface area is 169 Å². The van der Waals surface area contributed by atoms with Gasteiger partial charge in [-0.05, 0) is 54.1 Å². The number of halogens is 1. The Morgan fingerprint density at radius 1 is 1.17 bits per heavy atom. The summed E-state index contributed by atoms with van der Waals surface area (Å²) in [5.41, 5.74) is 5.67. The summed E-state index contributed by atoms with van der Waals surface area (Å²) in [4.78, 5) is 41.1. The van der Waals surface area contributed by atoms with E-state index in [0.717, 1.165) is 41.3 Å². The second-order valence-electron chi connectivity index (χ2n) is 8.10. The number of cyclic esters (lactones) is 1. The summed E-state index contributed by atoms with van der Waals surface area (Å²) in [5, 5.41) is 3.87. The topological polar surface area (TPSA) is 90.6 Å². The molecule has 1 atom stereocenters. The number of hydrogen-bond acceptors (Lipinski definition) is 6. The van der Waals surface area contributed by atoms with Crippen LogP contribution in [0.25, 0.3) is 22.3 Å². The molecule has 8 heteroatoms. The first-order valence-electron chi connectivity index (χ1n) is 9.89. The van der Waals surface area contributed by atoms with Crippen molar-refractivity contribution in [2.45, 2.75) is 45.4 Å². The molecular weight excluding hydrogens is 389 g/mol. The SMILES string of the molecule is Cc1c(F)cc2nc3c(c4c2c1CCC4)Cn1c-3cc2c(c1=O)COC(=O)C2N=O. The van der Waals surface area contributed by atoms with Crippen LogP contribution in [0.1, 0.15) is 45.8 Å². The summed E-state index contributed by atoms with van der Waals surface area (Å²) in [5.74, 6) is -1.05. The Hall–Kier alpha value is -3.42. The molecule has 4 heterocycles. The standard InChI is InChI=1S/C22H16FN3O4/c1-9-10-3-2-4-11-13-7-26-17(19(13)24-16(18(10)11)6-15(9)23)5-12-14(21(26)27)8-30-22(28)20(12)25-29/h5-6,20H,2-4,7-8H2,1H3. The number of esters is 1. The molecule has 0 bridgehead atoms. The summed E-state index contributed by atoms with van der Waals surface area (Å²) < 4.78 is 21.1. The van der Waals surface area contributed by atoms with E-state index in [0.29, 0.717) is 29.0 Å². The molecule has 150 valence electrons. The quantitative estimate of drug-likeness (QED) is 0.358. The third-order valence-corrected chi connectivity index (χ3v) is 6.65. The van der Waals surface area contributed by atoms with Crippen molar-refractivity contribution >= 4 is 16.9 Å². The van der Waals surface area contributed by atoms with Gasteiger partial charge in [0.15, 0.2) is 0 Å². The van der Waals surface area contributed by atoms with Gasteiger partial charge in [0, 0.05) is 22.6 Å². The van der Waals surface area contributed by atoms with Gasteiger partial charge in [-0.15, -0.1) is 4.91 Å². The highest BCUT2D eigenvalue weighted by molar-refractivity contribution is 5.92. The second kappa shape index (κ2) is 5.81. The van der Waals surface area contributed by atoms with Crippen molar-refractivity contribution in [3.63, 3.8) is 0 Å². The number of carbonyl (C=O) groups is 1. The molecule has 0 spiro atoms. The Morgan fingerprint density at radius 2 is 1.97 bits per heavy atom. The molecule has 2 aliphatic heterocycles. The van der Waals surface area contributed by atoms with Crippen LogP contribution in [0.2, 0.25) is 0 Å². The molecule has 0 saturated heterocycles. The number of rotatable bonds is 1. The van der Waals surface area contributed by atoms with Gasteiger partial charge in [0.1, 0.15) is 12.4 Å². The average Bonchev–Trinajstić information content (AvgIpc) is 3.11. The van der Waals surface area contributed by atoms with Gasteiger partial charge in [-0.3, -0.25) is 4.79 Å². The summed E-state index contributed by atoms with van der Waals surface area (Å²) in [6, 6.07) is 1.74. The summed E-state index contributed by atoms with van der Waals surface area (Å²) in [6.45, 7) is 1.98. The Kier molecular flexibility index (Phi) is 3.38. The number of fused-ring (bicyclic) bond motifs is 5. The second-order valence-corrected chi connectivity index (χ2v) is 8.10. The van der Waals surface area contributed by atoms with Crippen molar-refractivity contribution in [1.82, 2.24) is 9.55 Å². The van der Waals surface area contributed by atoms with Crippen molar-refractivity contribution in [1.29, 1.82) is 0 Å². The highest BCUT2D eigenvalue weighted by Crippen LogP contribution is 2.42. The molecule has 1 aliphatic carbocycles. The predicted molar refractivity (Wildman–Crippen MR) is 106 cm³/mol. The first-order valence-corrected chi connectivity index (χ1v) is 9.89. The van der Waals surface area contributed by atoms with Crippen LogP contribution in [0.5, 0.6) is 0 Å². The van der Waals surface area contributed by atoms with Crippen molar-refractivity contribution in [3.05, 3.63) is 66.6 Å². The third kappa shape index (κ3) is 2.05. The van der Waals surface area contributed by atoms with E-state index in [4.69, 9.17) is 9.72 Å². The maximum absolute atomic E-state index is 14.5. The number of aryl methyl sites for hydroxylation is 2. The van der Waals surface area contributed by atoms with E-state index in [1.165, 1.54) is 6.07 Å². The normalized spacial score (nSPS) is 18.6. The fourth-order valence-corrected chi connectivity index (χ4v) is 5.16. The van der Waals surface area contributed by atoms with Gasteiger partial charge in [-0.1, -0.05) is 0 Å². The van der Waals surface area contributed by atoms with Crippen molar-refractivity contribution in [3.8, 4) is 11.4 Å². The minimum atomic E-state index is -1.36. The van der Waals surface area contributed by atoms with Gasteiger partial charge >= 0.3 is 5.97 Å². The third-order valence-electron chi connectivity index (χ3n) is 6.65. The number of carbonyl (C=O) groups excluding carboxylic acids is 1. The number of benzene rings is 1. The van der Waals surface area contributed by atoms with Gasteiger partial charge < -0.3 is 9.30 Å². The predicted octanol–water partition coefficient (Wildman–Crippen LogP) is 3.23. The molecule has 0 saturated carbocycles. The molecule has 3 aromatic rings. The van der Waals surface area contributed by atoms with Gasteiger partial charge in [0.05, 0.1) is 29.0 Å². The molecule has 2 aromatic heterocycles. The molecule has 1 aromatic carbocycles. The fourth-order valence-electron chi connectivity index (χ4n) is 5.16. The van der Waals surface area contributed by atoms with Crippen LogP contribution < -0.4 is 5.56 Å². The monoisotopic (exact) mass is 405 g/mol. The van der Waals surface area contributed by atoms with Crippen LogP contribution >= 0.6 is 0 Å². The van der Waals surface area contributed by atoms with E-state index >= 15 is 0 Å². The number of hydrogen-bond donors (Lipinski definition) is 0. The Bertz CT molecular complexity index is 1390. The minimum Gasteiger partial charge on any atom is -0.459 e. The molecule has 6 rings (SSSR count). The molecule has 0 radical (unpaired) electrons. The van der Waals surface area contributed by atoms with E-state index in [1.54, 1.807) is 17.6 Å². The molecule has 0 amide bonds. The van der Waals surface area contributed by atoms with Crippen molar-refractivity contribution in [2.75, 3.05) is 0 Å². The summed E-state index contributed by atoms with van der Waals surface area (Å²) >= 11 is 0. The molecule has 30 heavy (non-hydrogen) atoms. The molecule has 0 fully saturated rings. The zero-order valence-corrected chi connectivity index (χ0v) is 16.1. The first kappa shape index (κ1) is 17.4. The van der Waals surface area contributed by atoms with E-state index in [1.807, 2.05) is 0 Å². The van der Waals surface area contributed by atoms with Crippen molar-refractivity contribution < 1.29 is 13.9 Å². The largest absolute Gasteiger partial charge is 0.459 e. The minimum absolute atomic E-state index is 0.174. The van der Waals surface area contributed by atoms with Crippen LogP contribution in [0.4, 0.5) is 4.39 Å². The van der Waals surface area contributed by atoms with E-state index in [2.05, 4.69) is 5.18 Å². The highest BCUT2D eigenvalue weighted by Gasteiger charge is 2.37. The van der Waals surface area contributed by atoms with Crippen LogP contribution in [0, 0.1) is 17.6 Å². The number of ether oxygens (including phenoxy) is 1. The number of pyridine rings is 2. The maximum atomic E-state index is 14.5. The van der Waals surface area contributed by atoms with Crippen LogP contribution in [-0.4, -0.2) is 15.5 Å². The van der Waals surface area contributed by atoms with E-state index < -0.39 is 12.0 Å². The lowest BCUT2D eigenvalue weighted by Crippen LogP contribution is -2.32. The first-order chi connectivity index (χ1) is 14.5. The summed E-state index contributed by atoms with van der Waals surface area (Å²) in [7, 11) is 0. The Morgan fingerprint density at radius 3 is 2.77 bits per heavy atom. The lowest BCUT2D eigenvalue weighted by molar-refractivity contribution is -0.148. The van der Waals surface area contributed by atoms with Crippen LogP contribution in [0.15, 0.2) is 22.1 Å². The van der Waals surface area contributed by atoms with Gasteiger partial charge in [0.2, 0.25) is 6.04 Å². The smallest absolute Gasteiger partial charge is 0.339 e. The number of nitroso groups, excluding NO2 is 1. The van der Waals surface area contributed by atoms with Gasteiger partial charge in [0.25, 0.3) is 5.56 Å². The lowest BCUT2D eigenvalue weighted by Gasteiger charge is -2.22. The lowest BCUT2D eigenvalue weighted by atomic mass is 9.85. The van der Waals surface area contributed by atoms with Gasteiger partial charge in [-0.25, -0.2) is 14.2 Å². The van der Waals surface area contributed by atoms with Gasteiger partial charge in [-0.2, -0.15) is 0 Å². The molecule has 3 aliphatic rings. The van der Waals surface area contributed by atoms with Crippen LogP contribution in [-0.2, 0) is 35.5 Å². The van der Waals surface area contributed by atoms with E-state index in [-0.39, 0.29) is 29.1 Å². The van der Waals surface area contributed by atoms with Crippen LogP contribution in [0.3, 0.4) is 0 Å². The summed E-state index contributed by atoms with van der Waals surface area (Å²) in [6.07, 6.45) is 2.55.